The van der Waals surface area contributed by atoms with Crippen molar-refractivity contribution in [3.05, 3.63) is 161 Å². The molecule has 504 valence electrons. The molecule has 0 aliphatic carbocycles. The Morgan fingerprint density at radius 2 is 0.938 bits per heavy atom. The third-order valence-corrected chi connectivity index (χ3v) is 17.5. The number of hydrogen-bond donors (Lipinski definition) is 7. The van der Waals surface area contributed by atoms with E-state index in [2.05, 4.69) is 56.5 Å². The van der Waals surface area contributed by atoms with E-state index in [0.717, 1.165) is 12.1 Å². The fourth-order valence-electron chi connectivity index (χ4n) is 9.32. The molecule has 9 aromatic carbocycles. The highest BCUT2D eigenvalue weighted by Gasteiger charge is 2.24. The number of aromatic hydroxyl groups is 2. The third-order valence-electron chi connectivity index (χ3n) is 14.3. The van der Waals surface area contributed by atoms with Crippen molar-refractivity contribution in [2.24, 2.45) is 51.1 Å². The average molecular weight is 1400 g/mol. The second kappa shape index (κ2) is 29.6. The third kappa shape index (κ3) is 18.5. The number of fused-ring (bicyclic) bond motifs is 2. The number of phenolic OH excluding ortho intramolecular Hbond substituents is 2. The quantitative estimate of drug-likeness (QED) is 0.0150. The highest BCUT2D eigenvalue weighted by Crippen LogP contribution is 2.45. The van der Waals surface area contributed by atoms with Gasteiger partial charge in [-0.3, -0.25) is 23.0 Å². The van der Waals surface area contributed by atoms with Gasteiger partial charge in [-0.25, -0.2) is 0 Å². The maximum absolute atomic E-state index is 13.6. The maximum atomic E-state index is 13.6. The van der Waals surface area contributed by atoms with Crippen LogP contribution in [0.1, 0.15) is 45.5 Å². The van der Waals surface area contributed by atoms with Gasteiger partial charge in [-0.05, 0) is 189 Å². The van der Waals surface area contributed by atoms with E-state index in [0.29, 0.717) is 44.7 Å². The van der Waals surface area contributed by atoms with E-state index in [9.17, 15) is 62.3 Å². The van der Waals surface area contributed by atoms with Gasteiger partial charge in [0.2, 0.25) is 0 Å². The van der Waals surface area contributed by atoms with Crippen LogP contribution < -0.4 is 24.3 Å². The van der Waals surface area contributed by atoms with Gasteiger partial charge in [-0.2, -0.15) is 64.4 Å². The van der Waals surface area contributed by atoms with Crippen molar-refractivity contribution < 1.29 is 85.8 Å². The summed E-state index contributed by atoms with van der Waals surface area (Å²) in [7, 11) is -15.6. The van der Waals surface area contributed by atoms with E-state index >= 15 is 0 Å². The van der Waals surface area contributed by atoms with E-state index < -0.39 is 85.7 Å². The summed E-state index contributed by atoms with van der Waals surface area (Å²) in [6, 6.07) is 32.1. The number of rotatable bonds is 26. The number of nitrogens with one attached hydrogen (secondary N) is 1. The Balaban J connectivity index is 0.906. The zero-order valence-corrected chi connectivity index (χ0v) is 55.3. The van der Waals surface area contributed by atoms with Crippen LogP contribution in [0, 0.1) is 27.7 Å². The number of benzene rings is 9. The molecular weight excluding hydrogens is 1340 g/mol. The van der Waals surface area contributed by atoms with E-state index in [1.54, 1.807) is 70.2 Å². The summed E-state index contributed by atoms with van der Waals surface area (Å²) in [5.74, 6) is -1.93. The molecule has 7 N–H and O–H groups in total. The highest BCUT2D eigenvalue weighted by atomic mass is 32.2. The second-order valence-corrected chi connectivity index (χ2v) is 27.4. The van der Waals surface area contributed by atoms with Crippen LogP contribution in [0.3, 0.4) is 0 Å². The number of aryl methyl sites for hydroxylation is 4. The minimum atomic E-state index is -4.98. The van der Waals surface area contributed by atoms with E-state index in [-0.39, 0.29) is 110 Å². The summed E-state index contributed by atoms with van der Waals surface area (Å²) in [6.07, 6.45) is 0.272. The molecule has 0 saturated heterocycles. The molecule has 0 heterocycles. The number of amides is 1. The molecule has 0 fully saturated rings. The Hall–Kier alpha value is -10.6. The first-order chi connectivity index (χ1) is 45.8. The van der Waals surface area contributed by atoms with Gasteiger partial charge in [0.05, 0.1) is 65.6 Å². The Morgan fingerprint density at radius 1 is 0.433 bits per heavy atom. The van der Waals surface area contributed by atoms with Gasteiger partial charge in [0.1, 0.15) is 68.8 Å². The minimum absolute atomic E-state index is 0.00762. The van der Waals surface area contributed by atoms with E-state index in [1.807, 2.05) is 0 Å². The molecule has 1 amide bonds. The number of methoxy groups -OCH3 is 2. The fraction of sp³-hybridized carbons (Fsp3) is 0.190. The summed E-state index contributed by atoms with van der Waals surface area (Å²) in [5.41, 5.74) is 4.40. The van der Waals surface area contributed by atoms with Gasteiger partial charge < -0.3 is 34.5 Å². The van der Waals surface area contributed by atoms with Gasteiger partial charge in [-0.1, -0.05) is 0 Å². The molecule has 0 aliphatic heterocycles. The van der Waals surface area contributed by atoms with Crippen LogP contribution in [0.15, 0.2) is 194 Å². The SMILES string of the molecule is COc1cc(C(=O)Nc2ccc3c(OCCCCS(=O)(=O)O)cc(S(=O)(=O)O)cc3c2)ccc1N=Nc1cc(OC)c(N=Nc2cc(OCCS(=O)(=O)O)c(N=Nc3cc(C)c(N=Nc4c(S(=O)(=O)O)cc5cc(N=Nc6ccc(O)cc6)ccc5c4O)cc3C)cc2C)cc1C. The lowest BCUT2D eigenvalue weighted by molar-refractivity contribution is 0.102. The topological polar surface area (TPSA) is 448 Å². The number of anilines is 1. The van der Waals surface area contributed by atoms with Gasteiger partial charge >= 0.3 is 0 Å². The van der Waals surface area contributed by atoms with Crippen molar-refractivity contribution >= 4 is 130 Å². The van der Waals surface area contributed by atoms with Crippen LogP contribution in [-0.4, -0.2) is 107 Å². The molecule has 0 saturated carbocycles. The van der Waals surface area contributed by atoms with Crippen molar-refractivity contribution in [3.63, 3.8) is 0 Å². The lowest BCUT2D eigenvalue weighted by Gasteiger charge is -2.13. The molecule has 9 aromatic rings. The van der Waals surface area contributed by atoms with Crippen LogP contribution in [-0.2, 0) is 40.5 Å². The lowest BCUT2D eigenvalue weighted by atomic mass is 10.1. The van der Waals surface area contributed by atoms with Crippen molar-refractivity contribution in [1.82, 2.24) is 0 Å². The second-order valence-electron chi connectivity index (χ2n) is 21.5. The normalized spacial score (nSPS) is 12.5. The monoisotopic (exact) mass is 1400 g/mol. The Labute approximate surface area is 554 Å². The zero-order chi connectivity index (χ0) is 70.1. The molecule has 0 aromatic heterocycles. The van der Waals surface area contributed by atoms with Crippen LogP contribution in [0.25, 0.3) is 21.5 Å². The molecule has 0 atom stereocenters. The molecule has 0 unspecified atom stereocenters. The summed E-state index contributed by atoms with van der Waals surface area (Å²) in [6.45, 7) is 6.24. The van der Waals surface area contributed by atoms with Gasteiger partial charge in [0.15, 0.2) is 5.75 Å². The Kier molecular flexibility index (Phi) is 21.6. The van der Waals surface area contributed by atoms with Gasteiger partial charge in [0.25, 0.3) is 46.4 Å². The summed E-state index contributed by atoms with van der Waals surface area (Å²) in [5, 5.41) is 67.8. The number of unbranched alkanes of at least 4 members (excludes halogenated alkanes) is 1. The van der Waals surface area contributed by atoms with Crippen LogP contribution in [0.2, 0.25) is 0 Å². The number of azo groups is 5. The van der Waals surface area contributed by atoms with Gasteiger partial charge in [0, 0.05) is 40.2 Å². The number of carbonyl (C=O) groups excluding carboxylic acids is 1. The number of carbonyl (C=O) groups is 1. The minimum Gasteiger partial charge on any atom is -0.508 e. The van der Waals surface area contributed by atoms with Crippen molar-refractivity contribution in [1.29, 1.82) is 0 Å². The number of nitrogens with zero attached hydrogens (tertiary/aromatic N) is 10. The summed E-state index contributed by atoms with van der Waals surface area (Å²) in [4.78, 5) is 12.4. The molecule has 30 nitrogen and oxygen atoms in total. The number of ether oxygens (including phenoxy) is 4. The summed E-state index contributed by atoms with van der Waals surface area (Å²) >= 11 is 0. The summed E-state index contributed by atoms with van der Waals surface area (Å²) < 4.78 is 157. The first kappa shape index (κ1) is 70.7. The van der Waals surface area contributed by atoms with Crippen molar-refractivity contribution in [2.75, 3.05) is 44.3 Å². The molecule has 0 bridgehead atoms. The molecule has 97 heavy (non-hydrogen) atoms. The van der Waals surface area contributed by atoms with Crippen molar-refractivity contribution in [2.45, 2.75) is 50.3 Å². The fourth-order valence-corrected chi connectivity index (χ4v) is 11.4. The Morgan fingerprint density at radius 3 is 1.54 bits per heavy atom. The first-order valence-corrected chi connectivity index (χ1v) is 34.7. The maximum Gasteiger partial charge on any atom is 0.296 e. The van der Waals surface area contributed by atoms with Crippen LogP contribution >= 0.6 is 0 Å². The molecular formula is C63H59N11O19S4. The van der Waals surface area contributed by atoms with Crippen molar-refractivity contribution in [3.8, 4) is 34.5 Å². The standard InChI is InChI=1S/C63H59N11O19S4/c1-35-24-51(71-74-61-60(97(87,88)89)31-41-28-44(13-17-48(41)62(61)76)66-65-42-10-14-45(75)15-11-42)36(2)23-50(35)68-73-55-26-38(4)53(34-59(55)93-20-22-95(81,82)83)70-72-54-25-37(3)52(33-58(54)91-6)69-67-49-18-9-39(30-57(49)90-5)63(77)64-43-12-16-47-40(27-43)29-46(96(84,85)86)32-56(47)92-19-7-8-21-94(78,79)80/h9-18,23-34,75-76H,7-8,19-22H2,1-6H3,(H,64,77)(H,78,79,80)(H,81,82,83)(H,84,85,86)(H,87,88,89). The number of hydrogen-bond acceptors (Lipinski definition) is 25. The molecule has 9 rings (SSSR count). The molecule has 0 aliphatic rings. The number of phenols is 2. The smallest absolute Gasteiger partial charge is 0.296 e. The first-order valence-electron chi connectivity index (χ1n) is 28.6. The predicted molar refractivity (Wildman–Crippen MR) is 357 cm³/mol. The average Bonchev–Trinajstić information content (AvgIpc) is 0.775. The largest absolute Gasteiger partial charge is 0.508 e. The van der Waals surface area contributed by atoms with E-state index in [1.165, 1.54) is 93.1 Å². The van der Waals surface area contributed by atoms with Gasteiger partial charge in [-0.15, -0.1) is 20.5 Å². The highest BCUT2D eigenvalue weighted by molar-refractivity contribution is 7.86. The Bertz CT molecular complexity index is 5230. The van der Waals surface area contributed by atoms with E-state index in [4.69, 9.17) is 23.5 Å². The predicted octanol–water partition coefficient (Wildman–Crippen LogP) is 15.8. The van der Waals surface area contributed by atoms with Crippen LogP contribution in [0.4, 0.5) is 62.6 Å². The molecule has 0 radical (unpaired) electrons. The zero-order valence-electron chi connectivity index (χ0n) is 52.0. The molecule has 34 heteroatoms. The van der Waals surface area contributed by atoms with Crippen LogP contribution in [0.5, 0.6) is 34.5 Å². The molecule has 0 spiro atoms. The lowest BCUT2D eigenvalue weighted by Crippen LogP contribution is -2.12.